The third kappa shape index (κ3) is 16.4. The second-order valence-corrected chi connectivity index (χ2v) is 6.17. The van der Waals surface area contributed by atoms with Gasteiger partial charge in [0.2, 0.25) is 0 Å². The normalized spacial score (nSPS) is 10.7. The highest BCUT2D eigenvalue weighted by atomic mass is 35.5. The number of rotatable bonds is 13. The van der Waals surface area contributed by atoms with E-state index in [0.29, 0.717) is 4.32 Å². The maximum atomic E-state index is 5.64. The lowest BCUT2D eigenvalue weighted by Crippen LogP contribution is -1.85. The molecule has 0 aromatic carbocycles. The Morgan fingerprint density at radius 2 is 1.06 bits per heavy atom. The Balaban J connectivity index is 2.91. The standard InChI is InChI=1S/C15H29ClS/c1-2-3-4-5-6-7-8-9-10-11-12-13-14-15(16)17/h2-14H2,1H3. The number of halogens is 1. The van der Waals surface area contributed by atoms with Crippen LogP contribution >= 0.6 is 23.8 Å². The summed E-state index contributed by atoms with van der Waals surface area (Å²) in [5, 5.41) is 0. The van der Waals surface area contributed by atoms with E-state index < -0.39 is 0 Å². The highest BCUT2D eigenvalue weighted by Crippen LogP contribution is 2.12. The molecule has 0 heterocycles. The number of unbranched alkanes of at least 4 members (excludes halogenated alkanes) is 11. The summed E-state index contributed by atoms with van der Waals surface area (Å²) in [4.78, 5) is 0. The van der Waals surface area contributed by atoms with Gasteiger partial charge in [0.1, 0.15) is 0 Å². The molecule has 0 aromatic rings. The fourth-order valence-electron chi connectivity index (χ4n) is 2.10. The minimum atomic E-state index is 0.650. The molecule has 0 nitrogen and oxygen atoms in total. The monoisotopic (exact) mass is 276 g/mol. The SMILES string of the molecule is CCCCCCCCCCCCCCC(=S)Cl. The Labute approximate surface area is 119 Å². The summed E-state index contributed by atoms with van der Waals surface area (Å²) in [5.41, 5.74) is 0. The summed E-state index contributed by atoms with van der Waals surface area (Å²) in [6.07, 6.45) is 17.5. The summed E-state index contributed by atoms with van der Waals surface area (Å²) in [7, 11) is 0. The lowest BCUT2D eigenvalue weighted by molar-refractivity contribution is 0.546. The van der Waals surface area contributed by atoms with Gasteiger partial charge in [0, 0.05) is 0 Å². The molecular formula is C15H29ClS. The van der Waals surface area contributed by atoms with E-state index in [4.69, 9.17) is 23.8 Å². The van der Waals surface area contributed by atoms with Crippen LogP contribution in [-0.4, -0.2) is 4.32 Å². The van der Waals surface area contributed by atoms with Crippen molar-refractivity contribution in [3.8, 4) is 0 Å². The molecule has 0 aliphatic heterocycles. The maximum Gasteiger partial charge on any atom is 0.0808 e. The zero-order chi connectivity index (χ0) is 12.8. The lowest BCUT2D eigenvalue weighted by Gasteiger charge is -2.02. The quantitative estimate of drug-likeness (QED) is 0.206. The van der Waals surface area contributed by atoms with Crippen molar-refractivity contribution in [1.29, 1.82) is 0 Å². The van der Waals surface area contributed by atoms with Crippen LogP contribution in [0.5, 0.6) is 0 Å². The summed E-state index contributed by atoms with van der Waals surface area (Å²) >= 11 is 10.5. The largest absolute Gasteiger partial charge is 0.0808 e. The van der Waals surface area contributed by atoms with E-state index in [1.165, 1.54) is 77.0 Å². The van der Waals surface area contributed by atoms with E-state index >= 15 is 0 Å². The second-order valence-electron chi connectivity index (χ2n) is 4.99. The number of hydrogen-bond acceptors (Lipinski definition) is 1. The first-order valence-corrected chi connectivity index (χ1v) is 8.24. The fourth-order valence-corrected chi connectivity index (χ4v) is 2.38. The van der Waals surface area contributed by atoms with Crippen LogP contribution in [0.25, 0.3) is 0 Å². The van der Waals surface area contributed by atoms with Gasteiger partial charge in [-0.1, -0.05) is 101 Å². The van der Waals surface area contributed by atoms with Crippen molar-refractivity contribution < 1.29 is 0 Å². The highest BCUT2D eigenvalue weighted by molar-refractivity contribution is 7.83. The molecule has 0 saturated heterocycles. The molecule has 0 N–H and O–H groups in total. The molecule has 0 unspecified atom stereocenters. The first kappa shape index (κ1) is 17.4. The molecule has 0 amide bonds. The topological polar surface area (TPSA) is 0 Å². The number of hydrogen-bond donors (Lipinski definition) is 0. The van der Waals surface area contributed by atoms with Crippen LogP contribution in [0.4, 0.5) is 0 Å². The van der Waals surface area contributed by atoms with Crippen LogP contribution < -0.4 is 0 Å². The van der Waals surface area contributed by atoms with Gasteiger partial charge in [-0.05, 0) is 12.8 Å². The summed E-state index contributed by atoms with van der Waals surface area (Å²) < 4.78 is 0.650. The summed E-state index contributed by atoms with van der Waals surface area (Å²) in [5.74, 6) is 0. The van der Waals surface area contributed by atoms with Crippen LogP contribution in [0.1, 0.15) is 90.4 Å². The predicted octanol–water partition coefficient (Wildman–Crippen LogP) is 6.64. The van der Waals surface area contributed by atoms with Gasteiger partial charge in [-0.2, -0.15) is 0 Å². The van der Waals surface area contributed by atoms with E-state index in [0.717, 1.165) is 6.42 Å². The molecule has 0 bridgehead atoms. The minimum Gasteiger partial charge on any atom is -0.0765 e. The Kier molecular flexibility index (Phi) is 14.8. The highest BCUT2D eigenvalue weighted by Gasteiger charge is 1.94. The average Bonchev–Trinajstić information content (AvgIpc) is 2.30. The molecule has 0 aliphatic rings. The van der Waals surface area contributed by atoms with Crippen molar-refractivity contribution in [2.45, 2.75) is 90.4 Å². The molecule has 0 spiro atoms. The minimum absolute atomic E-state index is 0.650. The van der Waals surface area contributed by atoms with E-state index in [1.807, 2.05) is 0 Å². The van der Waals surface area contributed by atoms with Gasteiger partial charge in [0.25, 0.3) is 0 Å². The predicted molar refractivity (Wildman–Crippen MR) is 84.1 cm³/mol. The van der Waals surface area contributed by atoms with Crippen LogP contribution in [0.2, 0.25) is 0 Å². The van der Waals surface area contributed by atoms with Gasteiger partial charge >= 0.3 is 0 Å². The van der Waals surface area contributed by atoms with E-state index in [2.05, 4.69) is 6.92 Å². The molecular weight excluding hydrogens is 248 g/mol. The van der Waals surface area contributed by atoms with E-state index in [1.54, 1.807) is 0 Å². The molecule has 102 valence electrons. The average molecular weight is 277 g/mol. The van der Waals surface area contributed by atoms with Gasteiger partial charge in [-0.15, -0.1) is 0 Å². The zero-order valence-electron chi connectivity index (χ0n) is 11.5. The Morgan fingerprint density at radius 3 is 1.41 bits per heavy atom. The van der Waals surface area contributed by atoms with Crippen LogP contribution in [0.3, 0.4) is 0 Å². The van der Waals surface area contributed by atoms with Crippen molar-refractivity contribution in [3.05, 3.63) is 0 Å². The molecule has 0 fully saturated rings. The third-order valence-electron chi connectivity index (χ3n) is 3.23. The Hall–Kier alpha value is 0.380. The fraction of sp³-hybridized carbons (Fsp3) is 0.933. The Morgan fingerprint density at radius 1 is 0.706 bits per heavy atom. The van der Waals surface area contributed by atoms with Crippen molar-refractivity contribution in [1.82, 2.24) is 0 Å². The molecule has 2 heteroatoms. The molecule has 0 atom stereocenters. The van der Waals surface area contributed by atoms with Crippen molar-refractivity contribution in [3.63, 3.8) is 0 Å². The molecule has 17 heavy (non-hydrogen) atoms. The number of thiocarbonyl (C=S) groups is 1. The van der Waals surface area contributed by atoms with E-state index in [9.17, 15) is 0 Å². The smallest absolute Gasteiger partial charge is 0.0765 e. The van der Waals surface area contributed by atoms with Gasteiger partial charge < -0.3 is 0 Å². The van der Waals surface area contributed by atoms with Gasteiger partial charge in [0.05, 0.1) is 4.32 Å². The molecule has 0 rings (SSSR count). The third-order valence-corrected chi connectivity index (χ3v) is 3.62. The van der Waals surface area contributed by atoms with Gasteiger partial charge in [-0.25, -0.2) is 0 Å². The van der Waals surface area contributed by atoms with Crippen LogP contribution in [0.15, 0.2) is 0 Å². The van der Waals surface area contributed by atoms with Gasteiger partial charge in [0.15, 0.2) is 0 Å². The first-order valence-electron chi connectivity index (χ1n) is 7.45. The summed E-state index contributed by atoms with van der Waals surface area (Å²) in [6, 6.07) is 0. The second kappa shape index (κ2) is 14.4. The Bertz CT molecular complexity index is 168. The molecule has 0 aromatic heterocycles. The van der Waals surface area contributed by atoms with Gasteiger partial charge in [-0.3, -0.25) is 0 Å². The van der Waals surface area contributed by atoms with Crippen LogP contribution in [0, 0.1) is 0 Å². The lowest BCUT2D eigenvalue weighted by atomic mass is 10.1. The van der Waals surface area contributed by atoms with Crippen LogP contribution in [-0.2, 0) is 0 Å². The maximum absolute atomic E-state index is 5.64. The molecule has 0 saturated carbocycles. The zero-order valence-corrected chi connectivity index (χ0v) is 13.1. The summed E-state index contributed by atoms with van der Waals surface area (Å²) in [6.45, 7) is 2.27. The first-order chi connectivity index (χ1) is 8.27. The van der Waals surface area contributed by atoms with Crippen molar-refractivity contribution in [2.75, 3.05) is 0 Å². The van der Waals surface area contributed by atoms with Crippen molar-refractivity contribution in [2.24, 2.45) is 0 Å². The molecule has 0 aliphatic carbocycles. The molecule has 0 radical (unpaired) electrons. The van der Waals surface area contributed by atoms with Crippen molar-refractivity contribution >= 4 is 28.1 Å². The van der Waals surface area contributed by atoms with E-state index in [-0.39, 0.29) is 0 Å².